The van der Waals surface area contributed by atoms with Crippen molar-refractivity contribution in [1.29, 1.82) is 0 Å². The fourth-order valence-corrected chi connectivity index (χ4v) is 1.38. The number of rotatable bonds is 9. The number of hydrogen-bond donors (Lipinski definition) is 7. The summed E-state index contributed by atoms with van der Waals surface area (Å²) < 4.78 is 0. The number of carboxylic acids is 1. The van der Waals surface area contributed by atoms with Crippen molar-refractivity contribution >= 4 is 23.7 Å². The Kier molecular flexibility index (Phi) is 8.67. The van der Waals surface area contributed by atoms with Crippen LogP contribution in [0, 0.1) is 0 Å². The lowest BCUT2D eigenvalue weighted by atomic mass is 10.1. The first-order chi connectivity index (χ1) is 10.2. The molecule has 0 aliphatic heterocycles. The zero-order valence-corrected chi connectivity index (χ0v) is 11.9. The van der Waals surface area contributed by atoms with Crippen molar-refractivity contribution in [3.8, 4) is 0 Å². The second-order valence-electron chi connectivity index (χ2n) is 4.35. The van der Waals surface area contributed by atoms with Gasteiger partial charge < -0.3 is 37.0 Å². The molecule has 0 aromatic rings. The lowest BCUT2D eigenvalue weighted by molar-refractivity contribution is -0.139. The fraction of sp³-hybridized carbons (Fsp3) is 0.636. The van der Waals surface area contributed by atoms with E-state index in [2.05, 4.69) is 10.6 Å². The van der Waals surface area contributed by atoms with E-state index < -0.39 is 61.6 Å². The average Bonchev–Trinajstić information content (AvgIpc) is 2.46. The second-order valence-corrected chi connectivity index (χ2v) is 4.35. The number of aliphatic carboxylic acids is 1. The third-order valence-electron chi connectivity index (χ3n) is 2.50. The van der Waals surface area contributed by atoms with Crippen LogP contribution in [-0.2, 0) is 19.2 Å². The van der Waals surface area contributed by atoms with Crippen LogP contribution in [0.4, 0.5) is 0 Å². The van der Waals surface area contributed by atoms with Crippen LogP contribution in [0.3, 0.4) is 0 Å². The van der Waals surface area contributed by atoms with Gasteiger partial charge in [0.25, 0.3) is 0 Å². The van der Waals surface area contributed by atoms with Gasteiger partial charge in [0.1, 0.15) is 18.6 Å². The van der Waals surface area contributed by atoms with Crippen LogP contribution in [0.5, 0.6) is 0 Å². The van der Waals surface area contributed by atoms with Gasteiger partial charge in [0.2, 0.25) is 17.7 Å². The first-order valence-corrected chi connectivity index (χ1v) is 6.31. The van der Waals surface area contributed by atoms with E-state index in [9.17, 15) is 24.3 Å². The zero-order chi connectivity index (χ0) is 17.3. The van der Waals surface area contributed by atoms with Crippen LogP contribution in [0.2, 0.25) is 0 Å². The van der Waals surface area contributed by atoms with Gasteiger partial charge in [-0.3, -0.25) is 19.2 Å². The maximum absolute atomic E-state index is 11.8. The Bertz CT molecular complexity index is 427. The molecule has 126 valence electrons. The van der Waals surface area contributed by atoms with Crippen molar-refractivity contribution in [1.82, 2.24) is 16.0 Å². The number of hydrogen-bond acceptors (Lipinski definition) is 7. The van der Waals surface area contributed by atoms with Gasteiger partial charge in [0, 0.05) is 0 Å². The highest BCUT2D eigenvalue weighted by atomic mass is 16.4. The average molecular weight is 320 g/mol. The normalized spacial score (nSPS) is 14.4. The third kappa shape index (κ3) is 6.97. The topological polar surface area (TPSA) is 191 Å². The molecule has 8 N–H and O–H groups in total. The first kappa shape index (κ1) is 19.8. The molecule has 0 unspecified atom stereocenters. The molecule has 0 heterocycles. The Morgan fingerprint density at radius 2 is 1.73 bits per heavy atom. The second kappa shape index (κ2) is 9.65. The lowest BCUT2D eigenvalue weighted by Crippen LogP contribution is -2.58. The number of carbonyl (C=O) groups is 4. The highest BCUT2D eigenvalue weighted by molar-refractivity contribution is 5.93. The van der Waals surface area contributed by atoms with Crippen molar-refractivity contribution in [3.05, 3.63) is 0 Å². The van der Waals surface area contributed by atoms with Crippen molar-refractivity contribution in [2.45, 2.75) is 25.1 Å². The van der Waals surface area contributed by atoms with Gasteiger partial charge in [-0.15, -0.1) is 0 Å². The molecule has 3 atom stereocenters. The van der Waals surface area contributed by atoms with Crippen LogP contribution in [-0.4, -0.2) is 76.9 Å². The molecule has 0 fully saturated rings. The summed E-state index contributed by atoms with van der Waals surface area (Å²) in [6, 6.07) is -2.81. The van der Waals surface area contributed by atoms with Crippen molar-refractivity contribution in [2.75, 3.05) is 19.7 Å². The largest absolute Gasteiger partial charge is 0.480 e. The van der Waals surface area contributed by atoms with Gasteiger partial charge in [-0.25, -0.2) is 0 Å². The standard InChI is InChI=1S/C11H20N4O7/c1-5(17)9(11(22)13-3-8(19)20)15-10(21)6(4-16)14-7(18)2-12/h5-6,9,16-17H,2-4,12H2,1H3,(H,13,22)(H,14,18)(H,15,21)(H,19,20)/t5-,6+,9+/m1/s1. The number of amides is 3. The van der Waals surface area contributed by atoms with Crippen LogP contribution in [0.15, 0.2) is 0 Å². The smallest absolute Gasteiger partial charge is 0.322 e. The Balaban J connectivity index is 4.78. The Morgan fingerprint density at radius 3 is 2.14 bits per heavy atom. The van der Waals surface area contributed by atoms with Crippen molar-refractivity contribution in [2.24, 2.45) is 5.73 Å². The summed E-state index contributed by atoms with van der Waals surface area (Å²) in [4.78, 5) is 45.0. The van der Waals surface area contributed by atoms with Crippen LogP contribution < -0.4 is 21.7 Å². The molecule has 0 saturated carbocycles. The quantitative estimate of drug-likeness (QED) is 0.221. The molecule has 11 nitrogen and oxygen atoms in total. The first-order valence-electron chi connectivity index (χ1n) is 6.31. The summed E-state index contributed by atoms with van der Waals surface area (Å²) in [5.41, 5.74) is 5.06. The lowest BCUT2D eigenvalue weighted by Gasteiger charge is -2.23. The highest BCUT2D eigenvalue weighted by Crippen LogP contribution is 1.95. The molecule has 22 heavy (non-hydrogen) atoms. The Labute approximate surface area is 125 Å². The fourth-order valence-electron chi connectivity index (χ4n) is 1.38. The van der Waals surface area contributed by atoms with Crippen LogP contribution >= 0.6 is 0 Å². The molecule has 11 heteroatoms. The summed E-state index contributed by atoms with van der Waals surface area (Å²) in [5, 5.41) is 33.2. The van der Waals surface area contributed by atoms with E-state index in [1.165, 1.54) is 6.92 Å². The van der Waals surface area contributed by atoms with Crippen molar-refractivity contribution in [3.63, 3.8) is 0 Å². The number of nitrogens with two attached hydrogens (primary N) is 1. The van der Waals surface area contributed by atoms with E-state index in [1.54, 1.807) is 0 Å². The summed E-state index contributed by atoms with van der Waals surface area (Å²) in [5.74, 6) is -3.85. The van der Waals surface area contributed by atoms with E-state index in [-0.39, 0.29) is 0 Å². The zero-order valence-electron chi connectivity index (χ0n) is 11.9. The molecule has 0 aliphatic carbocycles. The number of aliphatic hydroxyl groups excluding tert-OH is 2. The molecule has 0 aliphatic rings. The van der Waals surface area contributed by atoms with E-state index in [4.69, 9.17) is 15.9 Å². The van der Waals surface area contributed by atoms with Gasteiger partial charge in [-0.2, -0.15) is 0 Å². The van der Waals surface area contributed by atoms with Gasteiger partial charge in [0.15, 0.2) is 0 Å². The van der Waals surface area contributed by atoms with Gasteiger partial charge >= 0.3 is 5.97 Å². The maximum Gasteiger partial charge on any atom is 0.322 e. The summed E-state index contributed by atoms with van der Waals surface area (Å²) >= 11 is 0. The van der Waals surface area contributed by atoms with Gasteiger partial charge in [-0.1, -0.05) is 0 Å². The molecular weight excluding hydrogens is 300 g/mol. The van der Waals surface area contributed by atoms with Gasteiger partial charge in [0.05, 0.1) is 19.3 Å². The number of nitrogens with one attached hydrogen (secondary N) is 3. The molecule has 0 bridgehead atoms. The number of carboxylic acid groups (broad SMARTS) is 1. The van der Waals surface area contributed by atoms with Crippen LogP contribution in [0.25, 0.3) is 0 Å². The minimum Gasteiger partial charge on any atom is -0.480 e. The molecule has 0 saturated heterocycles. The maximum atomic E-state index is 11.8. The summed E-state index contributed by atoms with van der Waals surface area (Å²) in [7, 11) is 0. The van der Waals surface area contributed by atoms with Crippen molar-refractivity contribution < 1.29 is 34.5 Å². The van der Waals surface area contributed by atoms with E-state index in [1.807, 2.05) is 5.32 Å². The molecular formula is C11H20N4O7. The molecule has 0 aromatic heterocycles. The van der Waals surface area contributed by atoms with E-state index >= 15 is 0 Å². The SMILES string of the molecule is C[C@@H](O)[C@H](NC(=O)[C@H](CO)NC(=O)CN)C(=O)NCC(=O)O. The monoisotopic (exact) mass is 320 g/mol. The number of carbonyl (C=O) groups excluding carboxylic acids is 3. The Hall–Kier alpha value is -2.24. The Morgan fingerprint density at radius 1 is 1.14 bits per heavy atom. The predicted octanol–water partition coefficient (Wildman–Crippen LogP) is -4.51. The minimum atomic E-state index is -1.45. The van der Waals surface area contributed by atoms with E-state index in [0.29, 0.717) is 0 Å². The molecule has 0 radical (unpaired) electrons. The number of aliphatic hydroxyl groups is 2. The summed E-state index contributed by atoms with van der Waals surface area (Å²) in [6.07, 6.45) is -1.33. The molecule has 3 amide bonds. The molecule has 0 aromatic carbocycles. The van der Waals surface area contributed by atoms with Gasteiger partial charge in [-0.05, 0) is 6.92 Å². The molecule has 0 rings (SSSR count). The molecule has 0 spiro atoms. The summed E-state index contributed by atoms with van der Waals surface area (Å²) in [6.45, 7) is -0.632. The third-order valence-corrected chi connectivity index (χ3v) is 2.50. The highest BCUT2D eigenvalue weighted by Gasteiger charge is 2.29. The van der Waals surface area contributed by atoms with Crippen LogP contribution in [0.1, 0.15) is 6.92 Å². The minimum absolute atomic E-state index is 0.400. The predicted molar refractivity (Wildman–Crippen MR) is 72.3 cm³/mol. The van der Waals surface area contributed by atoms with E-state index in [0.717, 1.165) is 0 Å².